The van der Waals surface area contributed by atoms with Crippen LogP contribution in [0, 0.1) is 0 Å². The van der Waals surface area contributed by atoms with Crippen LogP contribution < -0.4 is 14.9 Å². The van der Waals surface area contributed by atoms with Crippen molar-refractivity contribution in [2.75, 3.05) is 24.3 Å². The van der Waals surface area contributed by atoms with Crippen LogP contribution in [0.5, 0.6) is 0 Å². The van der Waals surface area contributed by atoms with Gasteiger partial charge in [-0.3, -0.25) is 14.7 Å². The molecule has 0 spiro atoms. The van der Waals surface area contributed by atoms with Crippen LogP contribution in [0.3, 0.4) is 0 Å². The van der Waals surface area contributed by atoms with Crippen LogP contribution in [0.15, 0.2) is 36.5 Å². The molecule has 1 saturated carbocycles. The van der Waals surface area contributed by atoms with E-state index in [0.29, 0.717) is 24.2 Å². The fourth-order valence-electron chi connectivity index (χ4n) is 4.27. The van der Waals surface area contributed by atoms with E-state index in [4.69, 9.17) is 5.10 Å². The molecule has 0 bridgehead atoms. The van der Waals surface area contributed by atoms with E-state index < -0.39 is 23.6 Å². The largest absolute Gasteiger partial charge is 0.390 e. The Kier molecular flexibility index (Phi) is 5.96. The Bertz CT molecular complexity index is 1180. The summed E-state index contributed by atoms with van der Waals surface area (Å²) in [6.45, 7) is 1.86. The molecule has 3 N–H and O–H groups in total. The molecule has 0 atom stereocenters. The summed E-state index contributed by atoms with van der Waals surface area (Å²) in [5.41, 5.74) is 0.296. The molecule has 8 nitrogen and oxygen atoms in total. The van der Waals surface area contributed by atoms with Crippen molar-refractivity contribution in [1.82, 2.24) is 9.78 Å². The van der Waals surface area contributed by atoms with Crippen LogP contribution >= 0.6 is 0 Å². The molecule has 1 aromatic carbocycles. The Hall–Kier alpha value is -3.27. The molecule has 1 fully saturated rings. The minimum Gasteiger partial charge on any atom is -0.390 e. The standard InChI is InChI=1S/C23H27F2N5O3/c1-23(32)9-7-15(8-10-23)29-13-14-11-17(20(28(2)3)12-16(14)27-29)26-22(31)19-6-4-5-18(21(24)25)30(19)33/h4-6,11-13,15,21,32H,7-10H2,1-3H3,(H-,26,31,33)/p+1/t15-,23-. The van der Waals surface area contributed by atoms with Crippen molar-refractivity contribution in [3.05, 3.63) is 47.9 Å². The molecule has 2 aromatic heterocycles. The number of halogens is 2. The molecule has 1 aliphatic carbocycles. The molecule has 1 amide bonds. The van der Waals surface area contributed by atoms with Gasteiger partial charge in [0.1, 0.15) is 0 Å². The fourth-order valence-corrected chi connectivity index (χ4v) is 4.27. The number of nitrogens with zero attached hydrogens (tertiary/aromatic N) is 4. The Balaban J connectivity index is 1.65. The zero-order valence-corrected chi connectivity index (χ0v) is 18.8. The summed E-state index contributed by atoms with van der Waals surface area (Å²) in [5.74, 6) is -0.718. The predicted octanol–water partition coefficient (Wildman–Crippen LogP) is 3.68. The van der Waals surface area contributed by atoms with Crippen molar-refractivity contribution in [2.45, 2.75) is 50.7 Å². The number of nitrogens with one attached hydrogen (secondary N) is 1. The third-order valence-corrected chi connectivity index (χ3v) is 6.23. The summed E-state index contributed by atoms with van der Waals surface area (Å²) in [4.78, 5) is 14.6. The van der Waals surface area contributed by atoms with Crippen molar-refractivity contribution < 1.29 is 28.6 Å². The van der Waals surface area contributed by atoms with Crippen molar-refractivity contribution in [3.8, 4) is 0 Å². The first-order valence-electron chi connectivity index (χ1n) is 10.8. The second-order valence-electron chi connectivity index (χ2n) is 9.06. The summed E-state index contributed by atoms with van der Waals surface area (Å²) in [6, 6.07) is 7.43. The molecule has 0 aliphatic heterocycles. The normalized spacial score (nSPS) is 20.9. The molecule has 0 saturated heterocycles. The molecule has 0 radical (unpaired) electrons. The zero-order chi connectivity index (χ0) is 23.9. The SMILES string of the molecule is CN(C)c1cc2nn([C@H]3CC[C@](C)(O)CC3)cc2cc1NC(=O)c1cccc(C(F)F)[n+]1O. The maximum Gasteiger partial charge on any atom is 0.325 e. The van der Waals surface area contributed by atoms with E-state index in [9.17, 15) is 23.9 Å². The minimum absolute atomic E-state index is 0.184. The van der Waals surface area contributed by atoms with E-state index in [0.717, 1.165) is 29.8 Å². The number of carbonyl (C=O) groups excluding carboxylic acids is 1. The number of aliphatic hydroxyl groups is 1. The smallest absolute Gasteiger partial charge is 0.325 e. The van der Waals surface area contributed by atoms with Gasteiger partial charge in [-0.15, -0.1) is 0 Å². The lowest BCUT2D eigenvalue weighted by molar-refractivity contribution is -0.912. The molecule has 1 aliphatic rings. The van der Waals surface area contributed by atoms with Gasteiger partial charge in [0.2, 0.25) is 0 Å². The van der Waals surface area contributed by atoms with Gasteiger partial charge in [-0.05, 0) is 50.8 Å². The van der Waals surface area contributed by atoms with E-state index in [1.807, 2.05) is 42.9 Å². The number of amides is 1. The molecule has 0 unspecified atom stereocenters. The highest BCUT2D eigenvalue weighted by molar-refractivity contribution is 6.05. The van der Waals surface area contributed by atoms with Crippen molar-refractivity contribution in [3.63, 3.8) is 0 Å². The monoisotopic (exact) mass is 460 g/mol. The van der Waals surface area contributed by atoms with Gasteiger partial charge in [0.15, 0.2) is 0 Å². The molecule has 10 heteroatoms. The maximum atomic E-state index is 13.1. The average Bonchev–Trinajstić information content (AvgIpc) is 3.15. The van der Waals surface area contributed by atoms with Gasteiger partial charge in [0.25, 0.3) is 0 Å². The molecular weight excluding hydrogens is 432 g/mol. The van der Waals surface area contributed by atoms with Crippen molar-refractivity contribution in [2.24, 2.45) is 0 Å². The van der Waals surface area contributed by atoms with Crippen LogP contribution in [0.25, 0.3) is 10.9 Å². The van der Waals surface area contributed by atoms with E-state index in [1.54, 1.807) is 6.07 Å². The minimum atomic E-state index is -2.93. The summed E-state index contributed by atoms with van der Waals surface area (Å²) < 4.78 is 28.3. The molecular formula is C23H28F2N5O3+. The first-order chi connectivity index (χ1) is 15.6. The van der Waals surface area contributed by atoms with Crippen molar-refractivity contribution in [1.29, 1.82) is 0 Å². The Morgan fingerprint density at radius 2 is 2.00 bits per heavy atom. The maximum absolute atomic E-state index is 13.1. The fraction of sp³-hybridized carbons (Fsp3) is 0.435. The topological polar surface area (TPSA) is 94.5 Å². The average molecular weight is 461 g/mol. The Morgan fingerprint density at radius 1 is 1.30 bits per heavy atom. The van der Waals surface area contributed by atoms with Gasteiger partial charge in [-0.25, -0.2) is 0 Å². The number of hydrogen-bond acceptors (Lipinski definition) is 5. The van der Waals surface area contributed by atoms with Crippen LogP contribution in [0.1, 0.15) is 61.3 Å². The van der Waals surface area contributed by atoms with Gasteiger partial charge < -0.3 is 15.3 Å². The number of benzene rings is 1. The number of pyridine rings is 1. The zero-order valence-electron chi connectivity index (χ0n) is 18.8. The number of hydrogen-bond donors (Lipinski definition) is 3. The molecule has 176 valence electrons. The first kappa shape index (κ1) is 22.9. The number of aromatic nitrogens is 3. The summed E-state index contributed by atoms with van der Waals surface area (Å²) in [6.07, 6.45) is 2.04. The number of alkyl halides is 2. The third-order valence-electron chi connectivity index (χ3n) is 6.23. The lowest BCUT2D eigenvalue weighted by Gasteiger charge is -2.33. The molecule has 4 rings (SSSR count). The first-order valence-corrected chi connectivity index (χ1v) is 10.8. The molecule has 33 heavy (non-hydrogen) atoms. The van der Waals surface area contributed by atoms with Gasteiger partial charge >= 0.3 is 23.7 Å². The molecule has 3 aromatic rings. The predicted molar refractivity (Wildman–Crippen MR) is 119 cm³/mol. The van der Waals surface area contributed by atoms with E-state index in [-0.39, 0.29) is 16.5 Å². The van der Waals surface area contributed by atoms with Gasteiger partial charge in [-0.2, -0.15) is 13.9 Å². The van der Waals surface area contributed by atoms with Gasteiger partial charge in [-0.1, -0.05) is 0 Å². The summed E-state index contributed by atoms with van der Waals surface area (Å²) in [5, 5.41) is 28.6. The van der Waals surface area contributed by atoms with E-state index in [1.165, 1.54) is 12.1 Å². The van der Waals surface area contributed by atoms with E-state index in [2.05, 4.69) is 5.32 Å². The third kappa shape index (κ3) is 4.61. The number of fused-ring (bicyclic) bond motifs is 1. The Morgan fingerprint density at radius 3 is 2.64 bits per heavy atom. The second-order valence-corrected chi connectivity index (χ2v) is 9.06. The van der Waals surface area contributed by atoms with Crippen LogP contribution in [-0.4, -0.2) is 45.7 Å². The summed E-state index contributed by atoms with van der Waals surface area (Å²) >= 11 is 0. The number of carbonyl (C=O) groups is 1. The number of rotatable bonds is 5. The highest BCUT2D eigenvalue weighted by Gasteiger charge is 2.31. The second kappa shape index (κ2) is 8.58. The number of anilines is 2. The lowest BCUT2D eigenvalue weighted by atomic mass is 9.84. The molecule has 2 heterocycles. The van der Waals surface area contributed by atoms with Crippen molar-refractivity contribution >= 4 is 28.2 Å². The van der Waals surface area contributed by atoms with Crippen LogP contribution in [0.4, 0.5) is 20.2 Å². The van der Waals surface area contributed by atoms with Crippen LogP contribution in [0.2, 0.25) is 0 Å². The van der Waals surface area contributed by atoms with Crippen LogP contribution in [-0.2, 0) is 0 Å². The Labute approximate surface area is 190 Å². The van der Waals surface area contributed by atoms with Gasteiger partial charge in [0.05, 0.1) is 28.5 Å². The quantitative estimate of drug-likeness (QED) is 0.399. The highest BCUT2D eigenvalue weighted by Crippen LogP contribution is 2.36. The lowest BCUT2D eigenvalue weighted by Crippen LogP contribution is -2.43. The summed E-state index contributed by atoms with van der Waals surface area (Å²) in [7, 11) is 3.64. The highest BCUT2D eigenvalue weighted by atomic mass is 19.3. The van der Waals surface area contributed by atoms with E-state index >= 15 is 0 Å². The van der Waals surface area contributed by atoms with Gasteiger partial charge in [0, 0.05) is 42.5 Å².